The Labute approximate surface area is 110 Å². The zero-order chi connectivity index (χ0) is 11.3. The summed E-state index contributed by atoms with van der Waals surface area (Å²) >= 11 is 4.14. The van der Waals surface area contributed by atoms with Gasteiger partial charge >= 0.3 is 0 Å². The number of rotatable bonds is 6. The van der Waals surface area contributed by atoms with Gasteiger partial charge in [-0.15, -0.1) is 11.3 Å². The summed E-state index contributed by atoms with van der Waals surface area (Å²) in [5.74, 6) is 0. The number of likely N-dealkylation sites (N-methyl/N-ethyl adjacent to an activating group) is 1. The lowest BCUT2D eigenvalue weighted by Crippen LogP contribution is -2.26. The van der Waals surface area contributed by atoms with Crippen LogP contribution in [0.5, 0.6) is 0 Å². The van der Waals surface area contributed by atoms with E-state index in [2.05, 4.69) is 60.1 Å². The van der Waals surface area contributed by atoms with Gasteiger partial charge in [0, 0.05) is 0 Å². The lowest BCUT2D eigenvalue weighted by Gasteiger charge is -2.18. The fraction of sp³-hybridized carbons (Fsp3) is 0.636. The molecule has 0 bridgehead atoms. The number of hydrogen-bond acceptors (Lipinski definition) is 3. The quantitative estimate of drug-likeness (QED) is 0.802. The van der Waals surface area contributed by atoms with E-state index < -0.39 is 0 Å². The average molecular weight is 339 g/mol. The van der Waals surface area contributed by atoms with Crippen molar-refractivity contribution >= 4 is 33.9 Å². The van der Waals surface area contributed by atoms with Gasteiger partial charge in [-0.3, -0.25) is 0 Å². The second kappa shape index (κ2) is 6.83. The van der Waals surface area contributed by atoms with E-state index in [-0.39, 0.29) is 0 Å². The van der Waals surface area contributed by atoms with Crippen LogP contribution in [-0.2, 0) is 4.74 Å². The number of nitrogens with one attached hydrogen (secondary N) is 1. The summed E-state index contributed by atoms with van der Waals surface area (Å²) in [4.78, 5) is 0. The van der Waals surface area contributed by atoms with Crippen LogP contribution < -0.4 is 5.32 Å². The zero-order valence-electron chi connectivity index (χ0n) is 9.42. The summed E-state index contributed by atoms with van der Waals surface area (Å²) in [7, 11) is 0. The standard InChI is InChI=1S/C11H18INOS/c1-4-13-10(6-14-8(2)3)9-5-11(12)15-7-9/h5,7-8,10,13H,4,6H2,1-3H3. The molecule has 0 radical (unpaired) electrons. The topological polar surface area (TPSA) is 21.3 Å². The third kappa shape index (κ3) is 4.80. The van der Waals surface area contributed by atoms with Gasteiger partial charge in [0.05, 0.1) is 21.6 Å². The molecular formula is C11H18INOS. The predicted octanol–water partition coefficient (Wildman–Crippen LogP) is 3.43. The predicted molar refractivity (Wildman–Crippen MR) is 74.5 cm³/mol. The monoisotopic (exact) mass is 339 g/mol. The van der Waals surface area contributed by atoms with E-state index in [0.717, 1.165) is 13.2 Å². The number of hydrogen-bond donors (Lipinski definition) is 1. The second-order valence-electron chi connectivity index (χ2n) is 3.68. The molecule has 1 rings (SSSR count). The molecule has 0 saturated heterocycles. The van der Waals surface area contributed by atoms with Crippen LogP contribution in [-0.4, -0.2) is 19.3 Å². The molecule has 0 saturated carbocycles. The van der Waals surface area contributed by atoms with Crippen LogP contribution in [0.25, 0.3) is 0 Å². The van der Waals surface area contributed by atoms with Crippen molar-refractivity contribution in [1.82, 2.24) is 5.32 Å². The highest BCUT2D eigenvalue weighted by Crippen LogP contribution is 2.22. The van der Waals surface area contributed by atoms with Crippen LogP contribution in [0, 0.1) is 2.88 Å². The van der Waals surface area contributed by atoms with Crippen molar-refractivity contribution in [3.05, 3.63) is 19.9 Å². The minimum absolute atomic E-state index is 0.295. The maximum Gasteiger partial charge on any atom is 0.0665 e. The Bertz CT molecular complexity index is 288. The van der Waals surface area contributed by atoms with Gasteiger partial charge in [0.1, 0.15) is 0 Å². The fourth-order valence-corrected chi connectivity index (χ4v) is 2.74. The molecule has 0 spiro atoms. The van der Waals surface area contributed by atoms with E-state index in [9.17, 15) is 0 Å². The lowest BCUT2D eigenvalue weighted by molar-refractivity contribution is 0.0615. The fourth-order valence-electron chi connectivity index (χ4n) is 1.31. The van der Waals surface area contributed by atoms with E-state index in [1.807, 2.05) is 0 Å². The van der Waals surface area contributed by atoms with Gasteiger partial charge in [0.2, 0.25) is 0 Å². The molecule has 1 N–H and O–H groups in total. The van der Waals surface area contributed by atoms with Crippen LogP contribution in [0.3, 0.4) is 0 Å². The number of ether oxygens (including phenoxy) is 1. The smallest absolute Gasteiger partial charge is 0.0665 e. The van der Waals surface area contributed by atoms with Crippen molar-refractivity contribution in [3.63, 3.8) is 0 Å². The number of halogens is 1. The third-order valence-electron chi connectivity index (χ3n) is 2.04. The number of thiophene rings is 1. The minimum atomic E-state index is 0.295. The van der Waals surface area contributed by atoms with E-state index in [1.165, 1.54) is 8.45 Å². The largest absolute Gasteiger partial charge is 0.377 e. The van der Waals surface area contributed by atoms with Crippen molar-refractivity contribution in [3.8, 4) is 0 Å². The molecule has 0 aliphatic rings. The van der Waals surface area contributed by atoms with Crippen LogP contribution in [0.2, 0.25) is 0 Å². The summed E-state index contributed by atoms with van der Waals surface area (Å²) in [5.41, 5.74) is 1.34. The Morgan fingerprint density at radius 1 is 1.53 bits per heavy atom. The summed E-state index contributed by atoms with van der Waals surface area (Å²) in [6.45, 7) is 7.98. The Hall–Kier alpha value is 0.350. The Balaban J connectivity index is 2.57. The summed E-state index contributed by atoms with van der Waals surface area (Å²) < 4.78 is 6.99. The van der Waals surface area contributed by atoms with E-state index >= 15 is 0 Å². The minimum Gasteiger partial charge on any atom is -0.377 e. The molecule has 1 heterocycles. The molecule has 86 valence electrons. The van der Waals surface area contributed by atoms with Crippen LogP contribution >= 0.6 is 33.9 Å². The van der Waals surface area contributed by atoms with E-state index in [4.69, 9.17) is 4.74 Å². The van der Waals surface area contributed by atoms with Gasteiger partial charge in [0.15, 0.2) is 0 Å². The first-order valence-electron chi connectivity index (χ1n) is 5.22. The summed E-state index contributed by atoms with van der Waals surface area (Å²) in [6.07, 6.45) is 0.295. The molecule has 15 heavy (non-hydrogen) atoms. The first-order valence-corrected chi connectivity index (χ1v) is 7.18. The molecule has 1 atom stereocenters. The van der Waals surface area contributed by atoms with Crippen molar-refractivity contribution in [2.45, 2.75) is 32.9 Å². The van der Waals surface area contributed by atoms with Gasteiger partial charge in [-0.25, -0.2) is 0 Å². The summed E-state index contributed by atoms with van der Waals surface area (Å²) in [6, 6.07) is 2.56. The molecule has 0 aliphatic heterocycles. The molecule has 0 amide bonds. The molecule has 1 aromatic rings. The maximum atomic E-state index is 5.66. The van der Waals surface area contributed by atoms with Gasteiger partial charge in [0.25, 0.3) is 0 Å². The van der Waals surface area contributed by atoms with Crippen molar-refractivity contribution < 1.29 is 4.74 Å². The molecule has 0 fully saturated rings. The lowest BCUT2D eigenvalue weighted by atomic mass is 10.1. The highest BCUT2D eigenvalue weighted by Gasteiger charge is 2.12. The van der Waals surface area contributed by atoms with Gasteiger partial charge in [-0.1, -0.05) is 6.92 Å². The first-order chi connectivity index (χ1) is 7.13. The van der Waals surface area contributed by atoms with Crippen molar-refractivity contribution in [2.24, 2.45) is 0 Å². The SMILES string of the molecule is CCNC(COC(C)C)c1csc(I)c1. The molecule has 2 nitrogen and oxygen atoms in total. The van der Waals surface area contributed by atoms with Gasteiger partial charge < -0.3 is 10.1 Å². The zero-order valence-corrected chi connectivity index (χ0v) is 12.4. The Morgan fingerprint density at radius 3 is 2.73 bits per heavy atom. The molecule has 4 heteroatoms. The molecule has 0 aromatic carbocycles. The van der Waals surface area contributed by atoms with E-state index in [1.54, 1.807) is 11.3 Å². The normalized spacial score (nSPS) is 13.4. The van der Waals surface area contributed by atoms with Crippen LogP contribution in [0.15, 0.2) is 11.4 Å². The molecule has 1 aromatic heterocycles. The van der Waals surface area contributed by atoms with Crippen molar-refractivity contribution in [2.75, 3.05) is 13.2 Å². The Morgan fingerprint density at radius 2 is 2.27 bits per heavy atom. The first kappa shape index (κ1) is 13.4. The van der Waals surface area contributed by atoms with Crippen molar-refractivity contribution in [1.29, 1.82) is 0 Å². The highest BCUT2D eigenvalue weighted by molar-refractivity contribution is 14.1. The maximum absolute atomic E-state index is 5.66. The van der Waals surface area contributed by atoms with Crippen LogP contribution in [0.1, 0.15) is 32.4 Å². The molecular weight excluding hydrogens is 321 g/mol. The van der Waals surface area contributed by atoms with Crippen LogP contribution in [0.4, 0.5) is 0 Å². The second-order valence-corrected chi connectivity index (χ2v) is 6.48. The third-order valence-corrected chi connectivity index (χ3v) is 3.84. The highest BCUT2D eigenvalue weighted by atomic mass is 127. The Kier molecular flexibility index (Phi) is 6.11. The van der Waals surface area contributed by atoms with E-state index in [0.29, 0.717) is 12.1 Å². The molecule has 1 unspecified atom stereocenters. The summed E-state index contributed by atoms with van der Waals surface area (Å²) in [5, 5.41) is 5.65. The van der Waals surface area contributed by atoms with Gasteiger partial charge in [-0.05, 0) is 60.0 Å². The molecule has 0 aliphatic carbocycles. The average Bonchev–Trinajstić information content (AvgIpc) is 2.59. The van der Waals surface area contributed by atoms with Gasteiger partial charge in [-0.2, -0.15) is 0 Å².